The van der Waals surface area contributed by atoms with Gasteiger partial charge in [-0.1, -0.05) is 17.7 Å². The summed E-state index contributed by atoms with van der Waals surface area (Å²) in [5, 5.41) is 17.2. The SMILES string of the molecule is Fc1ccc(S)c(Cl)c1.N=C/C(=C\N)c1cnc2ccc(-c3cncc(O)c3)cc2n1. The molecule has 0 saturated carbocycles. The molecule has 2 heterocycles. The fourth-order valence-electron chi connectivity index (χ4n) is 2.60. The summed E-state index contributed by atoms with van der Waals surface area (Å²) in [6, 6.07) is 11.3. The smallest absolute Gasteiger partial charge is 0.134 e. The average molecular weight is 454 g/mol. The molecule has 0 unspecified atom stereocenters. The number of rotatable bonds is 3. The monoisotopic (exact) mass is 453 g/mol. The van der Waals surface area contributed by atoms with Crippen molar-refractivity contribution in [2.24, 2.45) is 5.73 Å². The highest BCUT2D eigenvalue weighted by molar-refractivity contribution is 7.80. The molecule has 0 atom stereocenters. The van der Waals surface area contributed by atoms with Gasteiger partial charge < -0.3 is 16.2 Å². The topological polar surface area (TPSA) is 109 Å². The summed E-state index contributed by atoms with van der Waals surface area (Å²) in [6.07, 6.45) is 7.10. The number of pyridine rings is 1. The van der Waals surface area contributed by atoms with Gasteiger partial charge in [0.15, 0.2) is 0 Å². The molecule has 0 fully saturated rings. The van der Waals surface area contributed by atoms with E-state index >= 15 is 0 Å². The third-order valence-corrected chi connectivity index (χ3v) is 4.97. The number of benzene rings is 2. The molecule has 0 aliphatic carbocycles. The van der Waals surface area contributed by atoms with Gasteiger partial charge in [0, 0.05) is 34.6 Å². The molecule has 31 heavy (non-hydrogen) atoms. The van der Waals surface area contributed by atoms with Crippen molar-refractivity contribution in [3.05, 3.63) is 83.8 Å². The van der Waals surface area contributed by atoms with Gasteiger partial charge in [0.25, 0.3) is 0 Å². The van der Waals surface area contributed by atoms with E-state index in [-0.39, 0.29) is 11.6 Å². The highest BCUT2D eigenvalue weighted by Crippen LogP contribution is 2.25. The first kappa shape index (κ1) is 22.2. The van der Waals surface area contributed by atoms with Crippen molar-refractivity contribution in [1.82, 2.24) is 15.0 Å². The van der Waals surface area contributed by atoms with E-state index in [0.717, 1.165) is 22.9 Å². The van der Waals surface area contributed by atoms with E-state index < -0.39 is 0 Å². The Balaban J connectivity index is 0.000000254. The number of nitrogens with one attached hydrogen (secondary N) is 1. The molecule has 0 bridgehead atoms. The molecular weight excluding hydrogens is 437 g/mol. The number of hydrogen-bond acceptors (Lipinski definition) is 7. The Morgan fingerprint density at radius 1 is 1.06 bits per heavy atom. The van der Waals surface area contributed by atoms with E-state index in [1.54, 1.807) is 18.5 Å². The van der Waals surface area contributed by atoms with Gasteiger partial charge in [0.05, 0.1) is 34.1 Å². The zero-order valence-corrected chi connectivity index (χ0v) is 17.6. The van der Waals surface area contributed by atoms with Crippen LogP contribution < -0.4 is 5.73 Å². The lowest BCUT2D eigenvalue weighted by Gasteiger charge is -2.05. The van der Waals surface area contributed by atoms with Crippen molar-refractivity contribution in [1.29, 1.82) is 5.41 Å². The lowest BCUT2D eigenvalue weighted by molar-refractivity contribution is 0.473. The predicted molar refractivity (Wildman–Crippen MR) is 124 cm³/mol. The first-order valence-electron chi connectivity index (χ1n) is 8.89. The molecule has 0 aliphatic rings. The van der Waals surface area contributed by atoms with Gasteiger partial charge in [-0.2, -0.15) is 0 Å². The fourth-order valence-corrected chi connectivity index (χ4v) is 2.91. The van der Waals surface area contributed by atoms with Crippen LogP contribution in [0.5, 0.6) is 5.75 Å². The molecule has 4 rings (SSSR count). The molecule has 9 heteroatoms. The summed E-state index contributed by atoms with van der Waals surface area (Å²) in [5.74, 6) is -0.229. The van der Waals surface area contributed by atoms with Crippen LogP contribution in [-0.4, -0.2) is 26.3 Å². The van der Waals surface area contributed by atoms with E-state index in [9.17, 15) is 9.50 Å². The first-order valence-corrected chi connectivity index (χ1v) is 9.71. The largest absolute Gasteiger partial charge is 0.506 e. The van der Waals surface area contributed by atoms with E-state index in [0.29, 0.717) is 26.7 Å². The van der Waals surface area contributed by atoms with Crippen LogP contribution >= 0.6 is 24.2 Å². The molecule has 4 aromatic rings. The Labute approximate surface area is 188 Å². The summed E-state index contributed by atoms with van der Waals surface area (Å²) < 4.78 is 12.2. The van der Waals surface area contributed by atoms with Crippen molar-refractivity contribution in [2.45, 2.75) is 4.90 Å². The third-order valence-electron chi connectivity index (χ3n) is 4.14. The molecule has 2 aromatic heterocycles. The third kappa shape index (κ3) is 5.56. The fraction of sp³-hybridized carbons (Fsp3) is 0. The molecule has 0 radical (unpaired) electrons. The molecule has 0 saturated heterocycles. The van der Waals surface area contributed by atoms with Crippen molar-refractivity contribution in [2.75, 3.05) is 0 Å². The Morgan fingerprint density at radius 3 is 2.52 bits per heavy atom. The summed E-state index contributed by atoms with van der Waals surface area (Å²) in [5.41, 5.74) is 9.59. The lowest BCUT2D eigenvalue weighted by atomic mass is 10.1. The number of aromatic nitrogens is 3. The zero-order chi connectivity index (χ0) is 22.4. The van der Waals surface area contributed by atoms with Crippen LogP contribution in [0, 0.1) is 11.2 Å². The summed E-state index contributed by atoms with van der Waals surface area (Å²) in [7, 11) is 0. The number of halogens is 2. The minimum Gasteiger partial charge on any atom is -0.506 e. The van der Waals surface area contributed by atoms with Crippen molar-refractivity contribution >= 4 is 47.1 Å². The number of nitrogens with two attached hydrogens (primary N) is 1. The van der Waals surface area contributed by atoms with Crippen LogP contribution in [-0.2, 0) is 0 Å². The second kappa shape index (κ2) is 10.0. The molecule has 156 valence electrons. The molecule has 0 aliphatic heterocycles. The van der Waals surface area contributed by atoms with Crippen LogP contribution in [0.3, 0.4) is 0 Å². The van der Waals surface area contributed by atoms with E-state index in [4.69, 9.17) is 22.7 Å². The maximum atomic E-state index is 12.2. The zero-order valence-electron chi connectivity index (χ0n) is 16.0. The maximum Gasteiger partial charge on any atom is 0.134 e. The van der Waals surface area contributed by atoms with E-state index in [1.807, 2.05) is 18.2 Å². The normalized spacial score (nSPS) is 11.0. The molecule has 2 aromatic carbocycles. The van der Waals surface area contributed by atoms with Crippen molar-refractivity contribution in [3.63, 3.8) is 0 Å². The van der Waals surface area contributed by atoms with Gasteiger partial charge >= 0.3 is 0 Å². The summed E-state index contributed by atoms with van der Waals surface area (Å²) in [4.78, 5) is 13.4. The van der Waals surface area contributed by atoms with Crippen LogP contribution in [0.25, 0.3) is 27.7 Å². The van der Waals surface area contributed by atoms with Gasteiger partial charge in [-0.25, -0.2) is 9.37 Å². The molecule has 6 nitrogen and oxygen atoms in total. The summed E-state index contributed by atoms with van der Waals surface area (Å²) in [6.45, 7) is 0. The van der Waals surface area contributed by atoms with Crippen molar-refractivity contribution < 1.29 is 9.50 Å². The maximum absolute atomic E-state index is 12.2. The van der Waals surface area contributed by atoms with Crippen LogP contribution in [0.2, 0.25) is 5.02 Å². The van der Waals surface area contributed by atoms with Gasteiger partial charge in [0.1, 0.15) is 11.6 Å². The average Bonchev–Trinajstić information content (AvgIpc) is 2.77. The first-order chi connectivity index (χ1) is 14.9. The minimum absolute atomic E-state index is 0.106. The Morgan fingerprint density at radius 2 is 1.87 bits per heavy atom. The number of aromatic hydroxyl groups is 1. The molecule has 4 N–H and O–H groups in total. The highest BCUT2D eigenvalue weighted by atomic mass is 35.5. The van der Waals surface area contributed by atoms with Gasteiger partial charge in [0.2, 0.25) is 0 Å². The van der Waals surface area contributed by atoms with Gasteiger partial charge in [-0.15, -0.1) is 12.6 Å². The Kier molecular flexibility index (Phi) is 7.17. The Hall–Kier alpha value is -3.49. The van der Waals surface area contributed by atoms with Crippen molar-refractivity contribution in [3.8, 4) is 16.9 Å². The second-order valence-corrected chi connectivity index (χ2v) is 7.14. The number of thiol groups is 1. The number of fused-ring (bicyclic) bond motifs is 1. The Bertz CT molecular complexity index is 1280. The van der Waals surface area contributed by atoms with Crippen LogP contribution in [0.15, 0.2) is 72.2 Å². The number of allylic oxidation sites excluding steroid dienone is 1. The standard InChI is InChI=1S/C16H13N5O.C6H4ClFS/c17-5-12(6-18)16-9-20-14-2-1-10(4-15(14)21-16)11-3-13(22)8-19-7-11;7-5-3-4(8)1-2-6(5)9/h1-9,17,22H,18H2;1-3,9H/b12-6+,17-5?;. The molecule has 0 amide bonds. The second-order valence-electron chi connectivity index (χ2n) is 6.25. The van der Waals surface area contributed by atoms with E-state index in [1.165, 1.54) is 30.6 Å². The van der Waals surface area contributed by atoms with Gasteiger partial charge in [-0.05, 0) is 42.0 Å². The van der Waals surface area contributed by atoms with E-state index in [2.05, 4.69) is 27.6 Å². The number of hydrogen-bond donors (Lipinski definition) is 4. The van der Waals surface area contributed by atoms with Crippen LogP contribution in [0.1, 0.15) is 5.69 Å². The van der Waals surface area contributed by atoms with Gasteiger partial charge in [-0.3, -0.25) is 9.97 Å². The summed E-state index contributed by atoms with van der Waals surface area (Å²) >= 11 is 9.44. The quantitative estimate of drug-likeness (QED) is 0.254. The number of nitrogens with zero attached hydrogens (tertiary/aromatic N) is 3. The molecular formula is C22H17ClFN5OS. The highest BCUT2D eigenvalue weighted by Gasteiger charge is 2.06. The van der Waals surface area contributed by atoms with Crippen LogP contribution in [0.4, 0.5) is 4.39 Å². The minimum atomic E-state index is -0.335. The lowest BCUT2D eigenvalue weighted by Crippen LogP contribution is -1.96. The predicted octanol–water partition coefficient (Wildman–Crippen LogP) is 5.11. The molecule has 0 spiro atoms.